The number of benzene rings is 1. The van der Waals surface area contributed by atoms with Gasteiger partial charge in [0.15, 0.2) is 0 Å². The standard InChI is InChI=1S/C20H27N3O2/c1-3-20(13-24)10-16-6-9-18(20)23(16)12-15-11-21-22-19(15)14-4-7-17(25-2)8-5-14/h4-5,7-8,11,16,18,24H,3,6,9-10,12-13H2,1-2H3,(H,21,22)/t16-,18+,20-/m0/s1. The van der Waals surface area contributed by atoms with Gasteiger partial charge in [0.2, 0.25) is 0 Å². The number of ether oxygens (including phenoxy) is 1. The first-order chi connectivity index (χ1) is 12.2. The molecule has 0 amide bonds. The topological polar surface area (TPSA) is 61.4 Å². The maximum absolute atomic E-state index is 10.0. The molecule has 0 unspecified atom stereocenters. The Hall–Kier alpha value is -1.85. The SMILES string of the molecule is CC[C@@]1(CO)C[C@@H]2CC[C@H]1N2Cc1cn[nH]c1-c1ccc(OC)cc1. The number of methoxy groups -OCH3 is 1. The number of hydrogen-bond donors (Lipinski definition) is 2. The summed E-state index contributed by atoms with van der Waals surface area (Å²) in [6, 6.07) is 9.18. The molecule has 1 aromatic carbocycles. The van der Waals surface area contributed by atoms with Crippen molar-refractivity contribution < 1.29 is 9.84 Å². The van der Waals surface area contributed by atoms with E-state index in [9.17, 15) is 5.11 Å². The Labute approximate surface area is 149 Å². The number of rotatable bonds is 6. The number of hydrogen-bond acceptors (Lipinski definition) is 4. The second-order valence-electron chi connectivity index (χ2n) is 7.50. The molecule has 134 valence electrons. The van der Waals surface area contributed by atoms with Gasteiger partial charge in [-0.2, -0.15) is 5.10 Å². The van der Waals surface area contributed by atoms with Crippen LogP contribution in [-0.4, -0.2) is 46.0 Å². The van der Waals surface area contributed by atoms with Crippen molar-refractivity contribution in [3.63, 3.8) is 0 Å². The predicted octanol–water partition coefficient (Wildman–Crippen LogP) is 3.21. The van der Waals surface area contributed by atoms with Crippen LogP contribution in [0.3, 0.4) is 0 Å². The summed E-state index contributed by atoms with van der Waals surface area (Å²) >= 11 is 0. The van der Waals surface area contributed by atoms with Crippen molar-refractivity contribution in [3.05, 3.63) is 36.0 Å². The van der Waals surface area contributed by atoms with Gasteiger partial charge in [0.1, 0.15) is 5.75 Å². The number of aliphatic hydroxyl groups excluding tert-OH is 1. The lowest BCUT2D eigenvalue weighted by molar-refractivity contribution is 0.0714. The van der Waals surface area contributed by atoms with E-state index in [0.717, 1.165) is 36.4 Å². The third-order valence-electron chi connectivity index (χ3n) is 6.46. The van der Waals surface area contributed by atoms with Gasteiger partial charge in [-0.1, -0.05) is 6.92 Å². The number of nitrogens with one attached hydrogen (secondary N) is 1. The van der Waals surface area contributed by atoms with Crippen molar-refractivity contribution >= 4 is 0 Å². The van der Waals surface area contributed by atoms with E-state index in [4.69, 9.17) is 4.74 Å². The molecule has 2 aliphatic rings. The van der Waals surface area contributed by atoms with Gasteiger partial charge in [0.25, 0.3) is 0 Å². The molecule has 2 fully saturated rings. The fraction of sp³-hybridized carbons (Fsp3) is 0.550. The molecule has 25 heavy (non-hydrogen) atoms. The molecule has 1 aromatic heterocycles. The summed E-state index contributed by atoms with van der Waals surface area (Å²) in [7, 11) is 1.68. The van der Waals surface area contributed by atoms with Gasteiger partial charge in [-0.15, -0.1) is 0 Å². The Morgan fingerprint density at radius 1 is 1.32 bits per heavy atom. The normalized spacial score (nSPS) is 28.6. The van der Waals surface area contributed by atoms with Gasteiger partial charge >= 0.3 is 0 Å². The monoisotopic (exact) mass is 341 g/mol. The first-order valence-corrected chi connectivity index (χ1v) is 9.24. The number of H-pyrrole nitrogens is 1. The third kappa shape index (κ3) is 2.66. The summed E-state index contributed by atoms with van der Waals surface area (Å²) in [5.74, 6) is 0.859. The van der Waals surface area contributed by atoms with E-state index in [2.05, 4.69) is 34.2 Å². The van der Waals surface area contributed by atoms with Crippen molar-refractivity contribution in [2.75, 3.05) is 13.7 Å². The van der Waals surface area contributed by atoms with E-state index in [0.29, 0.717) is 18.7 Å². The van der Waals surface area contributed by atoms with Crippen LogP contribution >= 0.6 is 0 Å². The largest absolute Gasteiger partial charge is 0.497 e. The van der Waals surface area contributed by atoms with E-state index in [-0.39, 0.29) is 5.41 Å². The number of fused-ring (bicyclic) bond motifs is 2. The lowest BCUT2D eigenvalue weighted by atomic mass is 9.72. The quantitative estimate of drug-likeness (QED) is 0.847. The summed E-state index contributed by atoms with van der Waals surface area (Å²) in [5, 5.41) is 17.5. The predicted molar refractivity (Wildman–Crippen MR) is 97.4 cm³/mol. The van der Waals surface area contributed by atoms with Crippen LogP contribution in [0, 0.1) is 5.41 Å². The highest BCUT2D eigenvalue weighted by Gasteiger charge is 2.54. The van der Waals surface area contributed by atoms with E-state index < -0.39 is 0 Å². The minimum absolute atomic E-state index is 0.0902. The van der Waals surface area contributed by atoms with Crippen molar-refractivity contribution in [1.29, 1.82) is 0 Å². The average Bonchev–Trinajstić information content (AvgIpc) is 3.36. The van der Waals surface area contributed by atoms with E-state index in [1.54, 1.807) is 7.11 Å². The first kappa shape index (κ1) is 16.6. The molecule has 4 rings (SSSR count). The van der Waals surface area contributed by atoms with Crippen LogP contribution < -0.4 is 4.74 Å². The fourth-order valence-corrected chi connectivity index (χ4v) is 4.96. The summed E-state index contributed by atoms with van der Waals surface area (Å²) in [4.78, 5) is 2.61. The molecule has 2 saturated heterocycles. The molecule has 5 nitrogen and oxygen atoms in total. The highest BCUT2D eigenvalue weighted by atomic mass is 16.5. The molecule has 2 bridgehead atoms. The molecule has 0 aliphatic carbocycles. The molecule has 0 saturated carbocycles. The Balaban J connectivity index is 1.57. The molecule has 0 spiro atoms. The zero-order valence-corrected chi connectivity index (χ0v) is 15.0. The Morgan fingerprint density at radius 3 is 2.76 bits per heavy atom. The smallest absolute Gasteiger partial charge is 0.118 e. The van der Waals surface area contributed by atoms with Crippen LogP contribution in [0.15, 0.2) is 30.5 Å². The van der Waals surface area contributed by atoms with Crippen molar-refractivity contribution in [2.45, 2.75) is 51.2 Å². The Kier molecular flexibility index (Phi) is 4.29. The number of aliphatic hydroxyl groups is 1. The molecule has 2 aliphatic heterocycles. The third-order valence-corrected chi connectivity index (χ3v) is 6.46. The highest BCUT2D eigenvalue weighted by molar-refractivity contribution is 5.63. The second-order valence-corrected chi connectivity index (χ2v) is 7.50. The van der Waals surface area contributed by atoms with Gasteiger partial charge in [-0.05, 0) is 49.9 Å². The lowest BCUT2D eigenvalue weighted by Crippen LogP contribution is -2.39. The first-order valence-electron chi connectivity index (χ1n) is 9.24. The van der Waals surface area contributed by atoms with Gasteiger partial charge in [0.05, 0.1) is 25.6 Å². The van der Waals surface area contributed by atoms with Crippen LogP contribution in [0.2, 0.25) is 0 Å². The lowest BCUT2D eigenvalue weighted by Gasteiger charge is -2.35. The summed E-state index contributed by atoms with van der Waals surface area (Å²) < 4.78 is 5.25. The number of aromatic amines is 1. The molecule has 2 N–H and O–H groups in total. The van der Waals surface area contributed by atoms with Crippen LogP contribution in [-0.2, 0) is 6.54 Å². The number of nitrogens with zero attached hydrogens (tertiary/aromatic N) is 2. The molecule has 3 atom stereocenters. The minimum atomic E-state index is 0.0902. The minimum Gasteiger partial charge on any atom is -0.497 e. The molecular weight excluding hydrogens is 314 g/mol. The summed E-state index contributed by atoms with van der Waals surface area (Å²) in [5.41, 5.74) is 3.53. The zero-order valence-electron chi connectivity index (χ0n) is 15.0. The average molecular weight is 341 g/mol. The molecular formula is C20H27N3O2. The van der Waals surface area contributed by atoms with Gasteiger partial charge < -0.3 is 9.84 Å². The van der Waals surface area contributed by atoms with Gasteiger partial charge in [0, 0.05) is 35.2 Å². The van der Waals surface area contributed by atoms with Crippen LogP contribution in [0.5, 0.6) is 5.75 Å². The maximum atomic E-state index is 10.0. The summed E-state index contributed by atoms with van der Waals surface area (Å²) in [6.07, 6.45) is 6.58. The Morgan fingerprint density at radius 2 is 2.12 bits per heavy atom. The van der Waals surface area contributed by atoms with Gasteiger partial charge in [-0.3, -0.25) is 10.00 Å². The van der Waals surface area contributed by atoms with Crippen LogP contribution in [0.25, 0.3) is 11.3 Å². The Bertz CT molecular complexity index is 721. The van der Waals surface area contributed by atoms with Crippen LogP contribution in [0.4, 0.5) is 0 Å². The van der Waals surface area contributed by atoms with Crippen molar-refractivity contribution in [2.24, 2.45) is 5.41 Å². The van der Waals surface area contributed by atoms with E-state index in [1.165, 1.54) is 18.4 Å². The highest BCUT2D eigenvalue weighted by Crippen LogP contribution is 2.52. The fourth-order valence-electron chi connectivity index (χ4n) is 4.96. The molecule has 0 radical (unpaired) electrons. The van der Waals surface area contributed by atoms with E-state index >= 15 is 0 Å². The molecule has 3 heterocycles. The van der Waals surface area contributed by atoms with E-state index in [1.807, 2.05) is 18.3 Å². The molecule has 2 aromatic rings. The second kappa shape index (κ2) is 6.46. The maximum Gasteiger partial charge on any atom is 0.118 e. The van der Waals surface area contributed by atoms with Gasteiger partial charge in [-0.25, -0.2) is 0 Å². The summed E-state index contributed by atoms with van der Waals surface area (Å²) in [6.45, 7) is 3.42. The number of aromatic nitrogens is 2. The molecule has 5 heteroatoms. The zero-order chi connectivity index (χ0) is 17.4. The van der Waals surface area contributed by atoms with Crippen LogP contribution in [0.1, 0.15) is 38.2 Å². The van der Waals surface area contributed by atoms with Crippen molar-refractivity contribution in [3.8, 4) is 17.0 Å². The van der Waals surface area contributed by atoms with Crippen molar-refractivity contribution in [1.82, 2.24) is 15.1 Å².